The van der Waals surface area contributed by atoms with Gasteiger partial charge in [0.25, 0.3) is 0 Å². The molecule has 0 aromatic heterocycles. The fourth-order valence-corrected chi connectivity index (χ4v) is 1.70. The minimum Gasteiger partial charge on any atom is -0.0991 e. The summed E-state index contributed by atoms with van der Waals surface area (Å²) in [4.78, 5) is 0. The smallest absolute Gasteiger partial charge is 0.00948 e. The lowest BCUT2D eigenvalue weighted by molar-refractivity contribution is 1.18. The van der Waals surface area contributed by atoms with Crippen LogP contribution in [0, 0.1) is 0 Å². The maximum Gasteiger partial charge on any atom is -0.00948 e. The molecule has 0 N–H and O–H groups in total. The van der Waals surface area contributed by atoms with E-state index in [1.807, 2.05) is 12.2 Å². The van der Waals surface area contributed by atoms with Crippen LogP contribution in [0.2, 0.25) is 0 Å². The van der Waals surface area contributed by atoms with Crippen LogP contribution in [0.25, 0.3) is 0 Å². The second kappa shape index (κ2) is 6.84. The summed E-state index contributed by atoms with van der Waals surface area (Å²) in [5, 5.41) is 0. The van der Waals surface area contributed by atoms with Crippen molar-refractivity contribution in [3.05, 3.63) is 71.9 Å². The van der Waals surface area contributed by atoms with Crippen molar-refractivity contribution in [2.45, 2.75) is 26.7 Å². The molecule has 1 aliphatic rings. The van der Waals surface area contributed by atoms with Crippen molar-refractivity contribution in [2.75, 3.05) is 0 Å². The van der Waals surface area contributed by atoms with Crippen LogP contribution in [-0.4, -0.2) is 0 Å². The van der Waals surface area contributed by atoms with Crippen molar-refractivity contribution in [2.24, 2.45) is 0 Å². The number of hydrogen-bond donors (Lipinski definition) is 0. The van der Waals surface area contributed by atoms with Crippen LogP contribution in [0.3, 0.4) is 0 Å². The van der Waals surface area contributed by atoms with Crippen LogP contribution in [0.1, 0.15) is 26.7 Å². The average Bonchev–Trinajstić information content (AvgIpc) is 2.40. The molecule has 0 radical (unpaired) electrons. The molecule has 16 heavy (non-hydrogen) atoms. The molecule has 1 rings (SSSR count). The lowest BCUT2D eigenvalue weighted by Gasteiger charge is -2.03. The lowest BCUT2D eigenvalue weighted by Crippen LogP contribution is -1.83. The van der Waals surface area contributed by atoms with E-state index in [4.69, 9.17) is 0 Å². The molecule has 0 aliphatic heterocycles. The maximum atomic E-state index is 3.63. The minimum absolute atomic E-state index is 1.00. The largest absolute Gasteiger partial charge is 0.0991 e. The average molecular weight is 212 g/mol. The predicted molar refractivity (Wildman–Crippen MR) is 73.3 cm³/mol. The minimum atomic E-state index is 1.00. The summed E-state index contributed by atoms with van der Waals surface area (Å²) in [7, 11) is 0. The number of allylic oxidation sites excluding steroid dienone is 11. The molecule has 0 atom stereocenters. The number of hydrogen-bond acceptors (Lipinski definition) is 0. The second-order valence-electron chi connectivity index (χ2n) is 3.99. The molecule has 0 saturated heterocycles. The van der Waals surface area contributed by atoms with Gasteiger partial charge in [-0.2, -0.15) is 0 Å². The van der Waals surface area contributed by atoms with Gasteiger partial charge in [0.05, 0.1) is 0 Å². The van der Waals surface area contributed by atoms with Crippen molar-refractivity contribution in [1.29, 1.82) is 0 Å². The molecular weight excluding hydrogens is 192 g/mol. The van der Waals surface area contributed by atoms with E-state index in [2.05, 4.69) is 50.8 Å². The van der Waals surface area contributed by atoms with Crippen LogP contribution < -0.4 is 0 Å². The van der Waals surface area contributed by atoms with Gasteiger partial charge in [0, 0.05) is 0 Å². The molecule has 1 aliphatic carbocycles. The summed E-state index contributed by atoms with van der Waals surface area (Å²) in [6.45, 7) is 7.97. The Kier molecular flexibility index (Phi) is 5.35. The second-order valence-corrected chi connectivity index (χ2v) is 3.99. The highest BCUT2D eigenvalue weighted by Gasteiger charge is 2.00. The third-order valence-corrected chi connectivity index (χ3v) is 2.59. The first kappa shape index (κ1) is 12.5. The fourth-order valence-electron chi connectivity index (χ4n) is 1.70. The molecule has 0 aromatic rings. The first-order valence-corrected chi connectivity index (χ1v) is 5.72. The van der Waals surface area contributed by atoms with Crippen molar-refractivity contribution in [3.63, 3.8) is 0 Å². The topological polar surface area (TPSA) is 0 Å². The zero-order valence-electron chi connectivity index (χ0n) is 10.2. The highest BCUT2D eigenvalue weighted by atomic mass is 14.1. The van der Waals surface area contributed by atoms with Crippen LogP contribution >= 0.6 is 0 Å². The summed E-state index contributed by atoms with van der Waals surface area (Å²) >= 11 is 0. The monoisotopic (exact) mass is 212 g/mol. The van der Waals surface area contributed by atoms with Gasteiger partial charge < -0.3 is 0 Å². The van der Waals surface area contributed by atoms with E-state index >= 15 is 0 Å². The SMILES string of the molecule is C=CC=CC=CCC1=CCC=C(C)C=C1C. The zero-order chi connectivity index (χ0) is 11.8. The summed E-state index contributed by atoms with van der Waals surface area (Å²) in [6, 6.07) is 0. The molecule has 0 heteroatoms. The zero-order valence-corrected chi connectivity index (χ0v) is 10.2. The van der Waals surface area contributed by atoms with Gasteiger partial charge in [-0.15, -0.1) is 0 Å². The first-order chi connectivity index (χ1) is 7.74. The predicted octanol–water partition coefficient (Wildman–Crippen LogP) is 4.90. The summed E-state index contributed by atoms with van der Waals surface area (Å²) in [5.41, 5.74) is 4.17. The lowest BCUT2D eigenvalue weighted by atomic mass is 10.0. The van der Waals surface area contributed by atoms with Crippen molar-refractivity contribution < 1.29 is 0 Å². The molecule has 0 nitrogen and oxygen atoms in total. The first-order valence-electron chi connectivity index (χ1n) is 5.72. The molecule has 0 amide bonds. The summed E-state index contributed by atoms with van der Waals surface area (Å²) in [5.74, 6) is 0. The van der Waals surface area contributed by atoms with E-state index in [-0.39, 0.29) is 0 Å². The van der Waals surface area contributed by atoms with Gasteiger partial charge in [-0.3, -0.25) is 0 Å². The van der Waals surface area contributed by atoms with Crippen LogP contribution in [-0.2, 0) is 0 Å². The van der Waals surface area contributed by atoms with E-state index in [0.29, 0.717) is 0 Å². The summed E-state index contributed by atoms with van der Waals surface area (Å²) in [6.07, 6.45) is 18.9. The van der Waals surface area contributed by atoms with Gasteiger partial charge in [0.15, 0.2) is 0 Å². The Labute approximate surface area is 99.1 Å². The van der Waals surface area contributed by atoms with Crippen molar-refractivity contribution in [3.8, 4) is 0 Å². The maximum absolute atomic E-state index is 3.63. The Morgan fingerprint density at radius 2 is 2.00 bits per heavy atom. The Balaban J connectivity index is 2.58. The Morgan fingerprint density at radius 3 is 2.75 bits per heavy atom. The van der Waals surface area contributed by atoms with Crippen LogP contribution in [0.15, 0.2) is 71.9 Å². The molecule has 0 bridgehead atoms. The van der Waals surface area contributed by atoms with Gasteiger partial charge >= 0.3 is 0 Å². The summed E-state index contributed by atoms with van der Waals surface area (Å²) < 4.78 is 0. The quantitative estimate of drug-likeness (QED) is 0.581. The highest BCUT2D eigenvalue weighted by Crippen LogP contribution is 2.20. The normalized spacial score (nSPS) is 17.0. The molecule has 0 unspecified atom stereocenters. The van der Waals surface area contributed by atoms with Crippen LogP contribution in [0.5, 0.6) is 0 Å². The molecule has 0 fully saturated rings. The van der Waals surface area contributed by atoms with Gasteiger partial charge in [0.2, 0.25) is 0 Å². The Morgan fingerprint density at radius 1 is 1.19 bits per heavy atom. The highest BCUT2D eigenvalue weighted by molar-refractivity contribution is 5.39. The van der Waals surface area contributed by atoms with Gasteiger partial charge in [-0.25, -0.2) is 0 Å². The van der Waals surface area contributed by atoms with Gasteiger partial charge in [-0.1, -0.05) is 60.8 Å². The fraction of sp³-hybridized carbons (Fsp3) is 0.250. The Bertz CT molecular complexity index is 384. The van der Waals surface area contributed by atoms with E-state index in [1.54, 1.807) is 6.08 Å². The van der Waals surface area contributed by atoms with Gasteiger partial charge in [0.1, 0.15) is 0 Å². The number of rotatable bonds is 4. The van der Waals surface area contributed by atoms with Gasteiger partial charge in [-0.05, 0) is 37.8 Å². The van der Waals surface area contributed by atoms with Crippen molar-refractivity contribution >= 4 is 0 Å². The molecule has 0 heterocycles. The third-order valence-electron chi connectivity index (χ3n) is 2.59. The Hall–Kier alpha value is -1.56. The van der Waals surface area contributed by atoms with Crippen molar-refractivity contribution in [1.82, 2.24) is 0 Å². The molecular formula is C16H20. The molecule has 84 valence electrons. The van der Waals surface area contributed by atoms with E-state index in [0.717, 1.165) is 12.8 Å². The van der Waals surface area contributed by atoms with E-state index in [1.165, 1.54) is 16.7 Å². The van der Waals surface area contributed by atoms with E-state index < -0.39 is 0 Å². The van der Waals surface area contributed by atoms with E-state index in [9.17, 15) is 0 Å². The molecule has 0 saturated carbocycles. The van der Waals surface area contributed by atoms with Crippen LogP contribution in [0.4, 0.5) is 0 Å². The standard InChI is InChI=1S/C16H20/c1-4-5-6-7-8-11-16-12-9-10-14(2)13-15(16)3/h4-8,10,12-13H,1,9,11H2,2-3H3. The third kappa shape index (κ3) is 4.31. The molecule has 0 spiro atoms. The molecule has 0 aromatic carbocycles.